The summed E-state index contributed by atoms with van der Waals surface area (Å²) >= 11 is 1.38. The Morgan fingerprint density at radius 2 is 2.16 bits per heavy atom. The summed E-state index contributed by atoms with van der Waals surface area (Å²) in [7, 11) is 3.18. The van der Waals surface area contributed by atoms with Crippen molar-refractivity contribution in [3.05, 3.63) is 4.88 Å². The van der Waals surface area contributed by atoms with E-state index in [0.717, 1.165) is 18.1 Å². The molecule has 5 nitrogen and oxygen atoms in total. The number of rotatable bonds is 6. The van der Waals surface area contributed by atoms with Crippen LogP contribution in [0.5, 0.6) is 5.75 Å². The van der Waals surface area contributed by atoms with Gasteiger partial charge in [-0.05, 0) is 12.8 Å². The van der Waals surface area contributed by atoms with Gasteiger partial charge in [-0.25, -0.2) is 0 Å². The van der Waals surface area contributed by atoms with E-state index in [0.29, 0.717) is 22.2 Å². The topological polar surface area (TPSA) is 67.6 Å². The van der Waals surface area contributed by atoms with Crippen LogP contribution in [0.2, 0.25) is 0 Å². The maximum atomic E-state index is 11.8. The minimum atomic E-state index is -0.173. The van der Waals surface area contributed by atoms with Crippen LogP contribution in [0.25, 0.3) is 0 Å². The van der Waals surface area contributed by atoms with Crippen LogP contribution < -0.4 is 20.7 Å². The number of hydrogen-bond donors (Lipinski definition) is 2. The van der Waals surface area contributed by atoms with Gasteiger partial charge in [0, 0.05) is 20.1 Å². The lowest BCUT2D eigenvalue weighted by Gasteiger charge is -2.24. The molecule has 1 aromatic rings. The third kappa shape index (κ3) is 3.32. The number of anilines is 2. The summed E-state index contributed by atoms with van der Waals surface area (Å²) in [5.41, 5.74) is 6.43. The maximum absolute atomic E-state index is 11.8. The Bertz CT molecular complexity index is 443. The van der Waals surface area contributed by atoms with Crippen molar-refractivity contribution in [2.24, 2.45) is 5.92 Å². The van der Waals surface area contributed by atoms with E-state index in [1.807, 2.05) is 0 Å². The number of nitrogens with two attached hydrogens (primary N) is 1. The quantitative estimate of drug-likeness (QED) is 0.840. The zero-order chi connectivity index (χ0) is 14.6. The number of ether oxygens (including phenoxy) is 1. The van der Waals surface area contributed by atoms with E-state index in [2.05, 4.69) is 31.0 Å². The van der Waals surface area contributed by atoms with Crippen molar-refractivity contribution in [3.63, 3.8) is 0 Å². The molecule has 0 aliphatic rings. The van der Waals surface area contributed by atoms with Gasteiger partial charge in [-0.1, -0.05) is 13.8 Å². The second-order valence-corrected chi connectivity index (χ2v) is 5.69. The summed E-state index contributed by atoms with van der Waals surface area (Å²) in [6, 6.07) is 0. The molecule has 0 atom stereocenters. The van der Waals surface area contributed by atoms with E-state index in [4.69, 9.17) is 10.5 Å². The highest BCUT2D eigenvalue weighted by atomic mass is 32.1. The van der Waals surface area contributed by atoms with Crippen LogP contribution in [0.15, 0.2) is 0 Å². The summed E-state index contributed by atoms with van der Waals surface area (Å²) in [5.74, 6) is 0.954. The number of carbonyl (C=O) groups is 1. The van der Waals surface area contributed by atoms with E-state index >= 15 is 0 Å². The van der Waals surface area contributed by atoms with Gasteiger partial charge in [0.05, 0.1) is 7.11 Å². The number of amides is 1. The molecular formula is C13H23N3O2S. The summed E-state index contributed by atoms with van der Waals surface area (Å²) in [6.45, 7) is 8.15. The Morgan fingerprint density at radius 3 is 2.58 bits per heavy atom. The molecule has 1 aromatic heterocycles. The predicted molar refractivity (Wildman–Crippen MR) is 81.4 cm³/mol. The molecule has 0 aromatic carbocycles. The summed E-state index contributed by atoms with van der Waals surface area (Å²) in [6.07, 6.45) is 0. The van der Waals surface area contributed by atoms with Crippen molar-refractivity contribution in [3.8, 4) is 5.75 Å². The van der Waals surface area contributed by atoms with Crippen LogP contribution in [0, 0.1) is 5.92 Å². The molecule has 19 heavy (non-hydrogen) atoms. The second-order valence-electron chi connectivity index (χ2n) is 4.69. The number of carbonyl (C=O) groups excluding carboxylic acids is 1. The van der Waals surface area contributed by atoms with Crippen molar-refractivity contribution < 1.29 is 9.53 Å². The highest BCUT2D eigenvalue weighted by molar-refractivity contribution is 7.19. The van der Waals surface area contributed by atoms with Crippen molar-refractivity contribution >= 4 is 27.9 Å². The Morgan fingerprint density at radius 1 is 1.53 bits per heavy atom. The largest absolute Gasteiger partial charge is 0.492 e. The molecule has 1 heterocycles. The van der Waals surface area contributed by atoms with Gasteiger partial charge in [0.25, 0.3) is 5.91 Å². The van der Waals surface area contributed by atoms with E-state index in [9.17, 15) is 4.79 Å². The van der Waals surface area contributed by atoms with Crippen LogP contribution >= 0.6 is 11.3 Å². The van der Waals surface area contributed by atoms with Gasteiger partial charge in [0.15, 0.2) is 5.75 Å². The molecule has 0 bridgehead atoms. The maximum Gasteiger partial charge on any atom is 0.263 e. The highest BCUT2D eigenvalue weighted by Gasteiger charge is 2.24. The molecule has 0 unspecified atom stereocenters. The molecule has 6 heteroatoms. The fourth-order valence-corrected chi connectivity index (χ4v) is 3.11. The first-order valence-corrected chi connectivity index (χ1v) is 7.21. The standard InChI is InChI=1S/C13H23N3O2S/c1-6-16(7-8(2)3)13-10(18-5)9(14)11(19-13)12(17)15-4/h8H,6-7,14H2,1-5H3,(H,15,17). The molecule has 3 N–H and O–H groups in total. The van der Waals surface area contributed by atoms with Crippen LogP contribution in [0.4, 0.5) is 10.7 Å². The zero-order valence-corrected chi connectivity index (χ0v) is 13.1. The average molecular weight is 285 g/mol. The van der Waals surface area contributed by atoms with Crippen molar-refractivity contribution in [1.82, 2.24) is 5.32 Å². The molecule has 108 valence electrons. The fraction of sp³-hybridized carbons (Fsp3) is 0.615. The van der Waals surface area contributed by atoms with Crippen molar-refractivity contribution in [2.75, 3.05) is 37.9 Å². The number of nitrogens with zero attached hydrogens (tertiary/aromatic N) is 1. The molecule has 0 saturated heterocycles. The number of hydrogen-bond acceptors (Lipinski definition) is 5. The minimum Gasteiger partial charge on any atom is -0.492 e. The first-order valence-electron chi connectivity index (χ1n) is 6.39. The van der Waals surface area contributed by atoms with Crippen molar-refractivity contribution in [1.29, 1.82) is 0 Å². The van der Waals surface area contributed by atoms with Gasteiger partial charge in [0.1, 0.15) is 15.6 Å². The van der Waals surface area contributed by atoms with Crippen LogP contribution in [0.1, 0.15) is 30.4 Å². The Labute approximate surface area is 118 Å². The number of nitrogen functional groups attached to an aromatic ring is 1. The van der Waals surface area contributed by atoms with Crippen LogP contribution in [-0.4, -0.2) is 33.2 Å². The molecule has 1 amide bonds. The normalized spacial score (nSPS) is 10.6. The van der Waals surface area contributed by atoms with Gasteiger partial charge in [-0.15, -0.1) is 11.3 Å². The Kier molecular flexibility index (Phi) is 5.47. The third-order valence-corrected chi connectivity index (χ3v) is 4.02. The monoisotopic (exact) mass is 285 g/mol. The number of methoxy groups -OCH3 is 1. The van der Waals surface area contributed by atoms with E-state index in [-0.39, 0.29) is 5.91 Å². The molecular weight excluding hydrogens is 262 g/mol. The van der Waals surface area contributed by atoms with Crippen molar-refractivity contribution in [2.45, 2.75) is 20.8 Å². The molecule has 0 aliphatic carbocycles. The van der Waals surface area contributed by atoms with E-state index < -0.39 is 0 Å². The molecule has 0 fully saturated rings. The minimum absolute atomic E-state index is 0.173. The van der Waals surface area contributed by atoms with Gasteiger partial charge >= 0.3 is 0 Å². The summed E-state index contributed by atoms with van der Waals surface area (Å²) in [4.78, 5) is 14.5. The van der Waals surface area contributed by atoms with Gasteiger partial charge in [-0.3, -0.25) is 4.79 Å². The fourth-order valence-electron chi connectivity index (χ4n) is 1.90. The smallest absolute Gasteiger partial charge is 0.263 e. The van der Waals surface area contributed by atoms with Gasteiger partial charge < -0.3 is 20.7 Å². The van der Waals surface area contributed by atoms with Crippen LogP contribution in [-0.2, 0) is 0 Å². The van der Waals surface area contributed by atoms with Crippen LogP contribution in [0.3, 0.4) is 0 Å². The summed E-state index contributed by atoms with van der Waals surface area (Å²) < 4.78 is 5.38. The van der Waals surface area contributed by atoms with E-state index in [1.54, 1.807) is 14.2 Å². The Balaban J connectivity index is 3.22. The predicted octanol–water partition coefficient (Wildman–Crippen LogP) is 2.18. The first-order chi connectivity index (χ1) is 8.96. The molecule has 0 radical (unpaired) electrons. The summed E-state index contributed by atoms with van der Waals surface area (Å²) in [5, 5.41) is 3.53. The molecule has 0 aliphatic heterocycles. The Hall–Kier alpha value is -1.43. The lowest BCUT2D eigenvalue weighted by Crippen LogP contribution is -2.26. The lowest BCUT2D eigenvalue weighted by atomic mass is 10.2. The lowest BCUT2D eigenvalue weighted by molar-refractivity contribution is 0.0967. The highest BCUT2D eigenvalue weighted by Crippen LogP contribution is 2.44. The molecule has 0 saturated carbocycles. The van der Waals surface area contributed by atoms with Gasteiger partial charge in [-0.2, -0.15) is 0 Å². The average Bonchev–Trinajstić information content (AvgIpc) is 2.71. The molecule has 1 rings (SSSR count). The second kappa shape index (κ2) is 6.65. The number of thiophene rings is 1. The van der Waals surface area contributed by atoms with Gasteiger partial charge in [0.2, 0.25) is 0 Å². The third-order valence-electron chi connectivity index (χ3n) is 2.77. The van der Waals surface area contributed by atoms with E-state index in [1.165, 1.54) is 11.3 Å². The zero-order valence-electron chi connectivity index (χ0n) is 12.2. The number of nitrogens with one attached hydrogen (secondary N) is 1. The SMILES string of the molecule is CCN(CC(C)C)c1sc(C(=O)NC)c(N)c1OC. The first kappa shape index (κ1) is 15.6. The molecule has 0 spiro atoms.